The Balaban J connectivity index is 2.89. The summed E-state index contributed by atoms with van der Waals surface area (Å²) in [7, 11) is 1.62. The third kappa shape index (κ3) is 3.69. The number of anilines is 1. The molecule has 8 nitrogen and oxygen atoms in total. The Bertz CT molecular complexity index is 496. The van der Waals surface area contributed by atoms with Crippen molar-refractivity contribution in [3.63, 3.8) is 0 Å². The lowest BCUT2D eigenvalue weighted by Crippen LogP contribution is -2.30. The SMILES string of the molecule is CCCNC(=O)CNc1c([N+](=O)[O-])c(C(C)C)nn1C. The van der Waals surface area contributed by atoms with Crippen LogP contribution in [0.4, 0.5) is 11.5 Å². The molecule has 0 radical (unpaired) electrons. The fourth-order valence-electron chi connectivity index (χ4n) is 1.79. The maximum Gasteiger partial charge on any atom is 0.334 e. The minimum Gasteiger partial charge on any atom is -0.355 e. The van der Waals surface area contributed by atoms with Crippen molar-refractivity contribution in [2.24, 2.45) is 7.05 Å². The fourth-order valence-corrected chi connectivity index (χ4v) is 1.79. The summed E-state index contributed by atoms with van der Waals surface area (Å²) in [6, 6.07) is 0. The molecule has 1 aromatic rings. The number of carbonyl (C=O) groups is 1. The van der Waals surface area contributed by atoms with Gasteiger partial charge in [0.15, 0.2) is 0 Å². The second-order valence-electron chi connectivity index (χ2n) is 4.82. The first kappa shape index (κ1) is 15.9. The van der Waals surface area contributed by atoms with E-state index < -0.39 is 4.92 Å². The van der Waals surface area contributed by atoms with Gasteiger partial charge in [-0.05, 0) is 6.42 Å². The van der Waals surface area contributed by atoms with E-state index in [2.05, 4.69) is 15.7 Å². The minimum atomic E-state index is -0.464. The normalized spacial score (nSPS) is 10.7. The van der Waals surface area contributed by atoms with Crippen LogP contribution in [0, 0.1) is 10.1 Å². The average Bonchev–Trinajstić information content (AvgIpc) is 2.71. The predicted molar refractivity (Wildman–Crippen MR) is 75.7 cm³/mol. The van der Waals surface area contributed by atoms with E-state index >= 15 is 0 Å². The Labute approximate surface area is 117 Å². The number of amides is 1. The van der Waals surface area contributed by atoms with Crippen molar-refractivity contribution in [3.8, 4) is 0 Å². The highest BCUT2D eigenvalue weighted by atomic mass is 16.6. The first-order chi connectivity index (χ1) is 9.38. The van der Waals surface area contributed by atoms with Crippen molar-refractivity contribution in [1.29, 1.82) is 0 Å². The van der Waals surface area contributed by atoms with Gasteiger partial charge in [0, 0.05) is 19.5 Å². The molecule has 0 saturated heterocycles. The molecule has 1 rings (SSSR count). The van der Waals surface area contributed by atoms with Crippen LogP contribution in [0.1, 0.15) is 38.8 Å². The van der Waals surface area contributed by atoms with E-state index in [1.54, 1.807) is 7.05 Å². The minimum absolute atomic E-state index is 0.0160. The standard InChI is InChI=1S/C12H21N5O3/c1-5-6-13-9(18)7-14-12-11(17(19)20)10(8(2)3)15-16(12)4/h8,14H,5-7H2,1-4H3,(H,13,18). The van der Waals surface area contributed by atoms with Crippen molar-refractivity contribution >= 4 is 17.4 Å². The first-order valence-corrected chi connectivity index (χ1v) is 6.60. The Hall–Kier alpha value is -2.12. The Kier molecular flexibility index (Phi) is 5.48. The van der Waals surface area contributed by atoms with E-state index in [9.17, 15) is 14.9 Å². The van der Waals surface area contributed by atoms with Gasteiger partial charge in [0.1, 0.15) is 5.69 Å². The second kappa shape index (κ2) is 6.88. The molecule has 0 atom stereocenters. The van der Waals surface area contributed by atoms with Gasteiger partial charge in [0.05, 0.1) is 11.5 Å². The maximum atomic E-state index is 11.5. The smallest absolute Gasteiger partial charge is 0.334 e. The topological polar surface area (TPSA) is 102 Å². The lowest BCUT2D eigenvalue weighted by molar-refractivity contribution is -0.384. The van der Waals surface area contributed by atoms with Crippen LogP contribution in [0.15, 0.2) is 0 Å². The van der Waals surface area contributed by atoms with E-state index in [-0.39, 0.29) is 29.9 Å². The van der Waals surface area contributed by atoms with Crippen LogP contribution in [0.2, 0.25) is 0 Å². The molecule has 0 bridgehead atoms. The van der Waals surface area contributed by atoms with Crippen LogP contribution in [-0.2, 0) is 11.8 Å². The number of carbonyl (C=O) groups excluding carboxylic acids is 1. The van der Waals surface area contributed by atoms with Gasteiger partial charge >= 0.3 is 5.69 Å². The van der Waals surface area contributed by atoms with Crippen LogP contribution in [0.5, 0.6) is 0 Å². The van der Waals surface area contributed by atoms with Gasteiger partial charge in [0.25, 0.3) is 0 Å². The second-order valence-corrected chi connectivity index (χ2v) is 4.82. The van der Waals surface area contributed by atoms with Gasteiger partial charge in [-0.25, -0.2) is 4.68 Å². The number of aryl methyl sites for hydroxylation is 1. The first-order valence-electron chi connectivity index (χ1n) is 6.60. The van der Waals surface area contributed by atoms with Crippen molar-refractivity contribution in [1.82, 2.24) is 15.1 Å². The molecular formula is C12H21N5O3. The third-order valence-corrected chi connectivity index (χ3v) is 2.77. The lowest BCUT2D eigenvalue weighted by atomic mass is 10.1. The molecule has 0 unspecified atom stereocenters. The zero-order valence-corrected chi connectivity index (χ0v) is 12.3. The summed E-state index contributed by atoms with van der Waals surface area (Å²) in [5.74, 6) is -0.00939. The van der Waals surface area contributed by atoms with Gasteiger partial charge in [-0.15, -0.1) is 0 Å². The summed E-state index contributed by atoms with van der Waals surface area (Å²) in [4.78, 5) is 22.3. The van der Waals surface area contributed by atoms with E-state index in [1.807, 2.05) is 20.8 Å². The third-order valence-electron chi connectivity index (χ3n) is 2.77. The molecule has 1 aromatic heterocycles. The van der Waals surface area contributed by atoms with Crippen LogP contribution < -0.4 is 10.6 Å². The number of aromatic nitrogens is 2. The molecule has 0 saturated carbocycles. The molecule has 0 aliphatic heterocycles. The number of hydrogen-bond acceptors (Lipinski definition) is 5. The molecule has 0 aliphatic rings. The van der Waals surface area contributed by atoms with Crippen LogP contribution >= 0.6 is 0 Å². The summed E-state index contributed by atoms with van der Waals surface area (Å²) < 4.78 is 1.40. The molecule has 0 spiro atoms. The lowest BCUT2D eigenvalue weighted by Gasteiger charge is -2.06. The predicted octanol–water partition coefficient (Wildman–Crippen LogP) is 1.39. The highest BCUT2D eigenvalue weighted by Gasteiger charge is 2.28. The number of nitrogens with one attached hydrogen (secondary N) is 2. The largest absolute Gasteiger partial charge is 0.355 e. The van der Waals surface area contributed by atoms with Crippen molar-refractivity contribution < 1.29 is 9.72 Å². The summed E-state index contributed by atoms with van der Waals surface area (Å²) >= 11 is 0. The van der Waals surface area contributed by atoms with Gasteiger partial charge in [-0.3, -0.25) is 14.9 Å². The van der Waals surface area contributed by atoms with Gasteiger partial charge < -0.3 is 10.6 Å². The molecule has 1 amide bonds. The van der Waals surface area contributed by atoms with Crippen LogP contribution in [0.3, 0.4) is 0 Å². The maximum absolute atomic E-state index is 11.5. The van der Waals surface area contributed by atoms with E-state index in [0.29, 0.717) is 12.2 Å². The molecule has 0 aromatic carbocycles. The molecular weight excluding hydrogens is 262 g/mol. The molecule has 112 valence electrons. The molecule has 0 aliphatic carbocycles. The summed E-state index contributed by atoms with van der Waals surface area (Å²) in [5.41, 5.74) is 0.347. The summed E-state index contributed by atoms with van der Waals surface area (Å²) in [6.07, 6.45) is 0.842. The molecule has 1 heterocycles. The van der Waals surface area contributed by atoms with Crippen molar-refractivity contribution in [2.75, 3.05) is 18.4 Å². The van der Waals surface area contributed by atoms with Gasteiger partial charge in [0.2, 0.25) is 11.7 Å². The number of nitro groups is 1. The summed E-state index contributed by atoms with van der Waals surface area (Å²) in [6.45, 7) is 6.21. The van der Waals surface area contributed by atoms with Gasteiger partial charge in [-0.1, -0.05) is 20.8 Å². The quantitative estimate of drug-likeness (QED) is 0.581. The fraction of sp³-hybridized carbons (Fsp3) is 0.667. The zero-order valence-electron chi connectivity index (χ0n) is 12.3. The number of nitrogens with zero attached hydrogens (tertiary/aromatic N) is 3. The van der Waals surface area contributed by atoms with Crippen LogP contribution in [0.25, 0.3) is 0 Å². The van der Waals surface area contributed by atoms with Crippen molar-refractivity contribution in [2.45, 2.75) is 33.1 Å². The van der Waals surface area contributed by atoms with Crippen LogP contribution in [-0.4, -0.2) is 33.7 Å². The van der Waals surface area contributed by atoms with E-state index in [1.165, 1.54) is 4.68 Å². The van der Waals surface area contributed by atoms with E-state index in [0.717, 1.165) is 6.42 Å². The Morgan fingerprint density at radius 1 is 1.50 bits per heavy atom. The highest BCUT2D eigenvalue weighted by Crippen LogP contribution is 2.32. The molecule has 0 fully saturated rings. The highest BCUT2D eigenvalue weighted by molar-refractivity contribution is 5.81. The summed E-state index contributed by atoms with van der Waals surface area (Å²) in [5, 5.41) is 20.8. The molecule has 2 N–H and O–H groups in total. The molecule has 8 heteroatoms. The number of rotatable bonds is 7. The monoisotopic (exact) mass is 283 g/mol. The molecule has 20 heavy (non-hydrogen) atoms. The zero-order chi connectivity index (χ0) is 15.3. The van der Waals surface area contributed by atoms with Crippen molar-refractivity contribution in [3.05, 3.63) is 15.8 Å². The van der Waals surface area contributed by atoms with E-state index in [4.69, 9.17) is 0 Å². The Morgan fingerprint density at radius 2 is 2.15 bits per heavy atom. The Morgan fingerprint density at radius 3 is 2.65 bits per heavy atom. The average molecular weight is 283 g/mol. The van der Waals surface area contributed by atoms with Gasteiger partial charge in [-0.2, -0.15) is 5.10 Å². The number of hydrogen-bond donors (Lipinski definition) is 2.